The maximum absolute atomic E-state index is 12.7. The van der Waals surface area contributed by atoms with E-state index in [2.05, 4.69) is 11.8 Å². The first-order chi connectivity index (χ1) is 12.4. The first-order valence-corrected chi connectivity index (χ1v) is 9.12. The highest BCUT2D eigenvalue weighted by Crippen LogP contribution is 2.31. The SMILES string of the molecule is CC(C)(C)OC(=O)N(c1ccc(C#Cc2ccccc2)cc1)C1CCC1. The van der Waals surface area contributed by atoms with E-state index in [0.29, 0.717) is 0 Å². The zero-order chi connectivity index (χ0) is 18.6. The van der Waals surface area contributed by atoms with E-state index in [0.717, 1.165) is 36.1 Å². The van der Waals surface area contributed by atoms with Gasteiger partial charge in [0.2, 0.25) is 0 Å². The van der Waals surface area contributed by atoms with Crippen molar-refractivity contribution in [1.82, 2.24) is 0 Å². The summed E-state index contributed by atoms with van der Waals surface area (Å²) in [6.07, 6.45) is 2.93. The Hall–Kier alpha value is -2.73. The monoisotopic (exact) mass is 347 g/mol. The summed E-state index contributed by atoms with van der Waals surface area (Å²) in [6.45, 7) is 5.68. The fourth-order valence-corrected chi connectivity index (χ4v) is 2.79. The molecule has 1 saturated carbocycles. The summed E-state index contributed by atoms with van der Waals surface area (Å²) >= 11 is 0. The van der Waals surface area contributed by atoms with Crippen molar-refractivity contribution in [2.75, 3.05) is 4.90 Å². The molecule has 3 heteroatoms. The normalized spacial score (nSPS) is 14.0. The largest absolute Gasteiger partial charge is 0.443 e. The number of nitrogens with zero attached hydrogens (tertiary/aromatic N) is 1. The minimum Gasteiger partial charge on any atom is -0.443 e. The van der Waals surface area contributed by atoms with Crippen LogP contribution < -0.4 is 4.90 Å². The summed E-state index contributed by atoms with van der Waals surface area (Å²) < 4.78 is 5.61. The number of benzene rings is 2. The number of hydrogen-bond acceptors (Lipinski definition) is 2. The van der Waals surface area contributed by atoms with Gasteiger partial charge in [-0.2, -0.15) is 0 Å². The predicted molar refractivity (Wildman–Crippen MR) is 105 cm³/mol. The molecule has 3 nitrogen and oxygen atoms in total. The Balaban J connectivity index is 1.78. The summed E-state index contributed by atoms with van der Waals surface area (Å²) in [6, 6.07) is 18.0. The van der Waals surface area contributed by atoms with E-state index in [9.17, 15) is 4.79 Å². The lowest BCUT2D eigenvalue weighted by Crippen LogP contribution is -2.46. The molecule has 2 aromatic carbocycles. The Bertz CT molecular complexity index is 803. The van der Waals surface area contributed by atoms with Crippen LogP contribution in [0.2, 0.25) is 0 Å². The van der Waals surface area contributed by atoms with Crippen molar-refractivity contribution in [3.05, 3.63) is 65.7 Å². The molecule has 0 heterocycles. The van der Waals surface area contributed by atoms with Crippen LogP contribution >= 0.6 is 0 Å². The maximum atomic E-state index is 12.7. The van der Waals surface area contributed by atoms with Gasteiger partial charge in [-0.15, -0.1) is 0 Å². The van der Waals surface area contributed by atoms with Crippen molar-refractivity contribution in [2.24, 2.45) is 0 Å². The van der Waals surface area contributed by atoms with Gasteiger partial charge >= 0.3 is 6.09 Å². The summed E-state index contributed by atoms with van der Waals surface area (Å²) in [5.74, 6) is 6.32. The van der Waals surface area contributed by atoms with Crippen molar-refractivity contribution in [3.63, 3.8) is 0 Å². The number of anilines is 1. The molecule has 0 saturated heterocycles. The second kappa shape index (κ2) is 7.66. The van der Waals surface area contributed by atoms with Gasteiger partial charge in [0.15, 0.2) is 0 Å². The van der Waals surface area contributed by atoms with Gasteiger partial charge in [0, 0.05) is 22.9 Å². The summed E-state index contributed by atoms with van der Waals surface area (Å²) in [5.41, 5.74) is 2.28. The fraction of sp³-hybridized carbons (Fsp3) is 0.348. The van der Waals surface area contributed by atoms with Crippen LogP contribution in [0.1, 0.15) is 51.2 Å². The highest BCUT2D eigenvalue weighted by Gasteiger charge is 2.33. The van der Waals surface area contributed by atoms with Crippen LogP contribution in [0.25, 0.3) is 0 Å². The zero-order valence-electron chi connectivity index (χ0n) is 15.7. The standard InChI is InChI=1S/C23H25NO2/c1-23(2,3)26-22(25)24(20-10-7-11-20)21-16-14-19(15-17-21)13-12-18-8-5-4-6-9-18/h4-6,8-9,14-17,20H,7,10-11H2,1-3H3. The van der Waals surface area contributed by atoms with Gasteiger partial charge in [-0.1, -0.05) is 30.0 Å². The second-order valence-corrected chi connectivity index (χ2v) is 7.60. The minimum absolute atomic E-state index is 0.228. The minimum atomic E-state index is -0.500. The average Bonchev–Trinajstić information content (AvgIpc) is 2.56. The van der Waals surface area contributed by atoms with Crippen LogP contribution in [-0.4, -0.2) is 17.7 Å². The van der Waals surface area contributed by atoms with Crippen molar-refractivity contribution in [3.8, 4) is 11.8 Å². The molecule has 1 aliphatic carbocycles. The second-order valence-electron chi connectivity index (χ2n) is 7.60. The summed E-state index contributed by atoms with van der Waals surface area (Å²) in [4.78, 5) is 14.5. The molecule has 0 unspecified atom stereocenters. The molecule has 0 radical (unpaired) electrons. The average molecular weight is 347 g/mol. The predicted octanol–water partition coefficient (Wildman–Crippen LogP) is 5.38. The van der Waals surface area contributed by atoms with E-state index >= 15 is 0 Å². The highest BCUT2D eigenvalue weighted by molar-refractivity contribution is 5.88. The third kappa shape index (κ3) is 4.67. The topological polar surface area (TPSA) is 29.5 Å². The molecule has 0 atom stereocenters. The Morgan fingerprint density at radius 1 is 0.962 bits per heavy atom. The van der Waals surface area contributed by atoms with Crippen molar-refractivity contribution >= 4 is 11.8 Å². The van der Waals surface area contributed by atoms with Gasteiger partial charge in [0.05, 0.1) is 0 Å². The molecular formula is C23H25NO2. The quantitative estimate of drug-likeness (QED) is 0.683. The zero-order valence-corrected chi connectivity index (χ0v) is 15.7. The van der Waals surface area contributed by atoms with Crippen molar-refractivity contribution in [1.29, 1.82) is 0 Å². The van der Waals surface area contributed by atoms with E-state index in [1.54, 1.807) is 4.90 Å². The molecule has 0 bridgehead atoms. The van der Waals surface area contributed by atoms with Gasteiger partial charge in [0.25, 0.3) is 0 Å². The molecule has 3 rings (SSSR count). The fourth-order valence-electron chi connectivity index (χ4n) is 2.79. The lowest BCUT2D eigenvalue weighted by atomic mass is 9.91. The van der Waals surface area contributed by atoms with Crippen LogP contribution in [0.5, 0.6) is 0 Å². The van der Waals surface area contributed by atoms with Crippen LogP contribution in [0.3, 0.4) is 0 Å². The maximum Gasteiger partial charge on any atom is 0.415 e. The van der Waals surface area contributed by atoms with E-state index in [4.69, 9.17) is 4.74 Å². The van der Waals surface area contributed by atoms with E-state index in [-0.39, 0.29) is 12.1 Å². The number of carbonyl (C=O) groups excluding carboxylic acids is 1. The van der Waals surface area contributed by atoms with Gasteiger partial charge in [-0.05, 0) is 76.4 Å². The van der Waals surface area contributed by atoms with Crippen LogP contribution in [0.4, 0.5) is 10.5 Å². The van der Waals surface area contributed by atoms with Gasteiger partial charge in [-0.3, -0.25) is 4.90 Å². The molecule has 0 N–H and O–H groups in total. The molecule has 0 spiro atoms. The molecule has 26 heavy (non-hydrogen) atoms. The third-order valence-corrected chi connectivity index (χ3v) is 4.30. The van der Waals surface area contributed by atoms with Crippen LogP contribution in [-0.2, 0) is 4.74 Å². The van der Waals surface area contributed by atoms with Crippen LogP contribution in [0, 0.1) is 11.8 Å². The van der Waals surface area contributed by atoms with E-state index in [1.165, 1.54) is 0 Å². The Labute approximate surface area is 156 Å². The highest BCUT2D eigenvalue weighted by atomic mass is 16.6. The van der Waals surface area contributed by atoms with Crippen molar-refractivity contribution < 1.29 is 9.53 Å². The molecule has 2 aromatic rings. The molecule has 1 amide bonds. The number of amides is 1. The molecule has 134 valence electrons. The van der Waals surface area contributed by atoms with Crippen LogP contribution in [0.15, 0.2) is 54.6 Å². The van der Waals surface area contributed by atoms with Gasteiger partial charge in [-0.25, -0.2) is 4.79 Å². The molecule has 1 aliphatic rings. The Morgan fingerprint density at radius 2 is 1.54 bits per heavy atom. The number of hydrogen-bond donors (Lipinski definition) is 0. The molecule has 0 aliphatic heterocycles. The lowest BCUT2D eigenvalue weighted by molar-refractivity contribution is 0.0549. The molecule has 0 aromatic heterocycles. The number of rotatable bonds is 2. The van der Waals surface area contributed by atoms with E-state index < -0.39 is 5.60 Å². The van der Waals surface area contributed by atoms with E-state index in [1.807, 2.05) is 75.4 Å². The Morgan fingerprint density at radius 3 is 2.04 bits per heavy atom. The van der Waals surface area contributed by atoms with Crippen molar-refractivity contribution in [2.45, 2.75) is 51.7 Å². The van der Waals surface area contributed by atoms with Gasteiger partial charge < -0.3 is 4.74 Å². The number of ether oxygens (including phenoxy) is 1. The first kappa shape index (κ1) is 18.1. The number of carbonyl (C=O) groups is 1. The Kier molecular flexibility index (Phi) is 5.32. The van der Waals surface area contributed by atoms with Gasteiger partial charge in [0.1, 0.15) is 5.60 Å². The smallest absolute Gasteiger partial charge is 0.415 e. The lowest BCUT2D eigenvalue weighted by Gasteiger charge is -2.38. The first-order valence-electron chi connectivity index (χ1n) is 9.12. The third-order valence-electron chi connectivity index (χ3n) is 4.30. The molecule has 1 fully saturated rings. The molecular weight excluding hydrogens is 322 g/mol. The summed E-state index contributed by atoms with van der Waals surface area (Å²) in [5, 5.41) is 0. The summed E-state index contributed by atoms with van der Waals surface area (Å²) in [7, 11) is 0.